The average Bonchev–Trinajstić information content (AvgIpc) is 2.66. The third kappa shape index (κ3) is 7.02. The molecule has 2 amide bonds. The lowest BCUT2D eigenvalue weighted by Gasteiger charge is -2.16. The van der Waals surface area contributed by atoms with Crippen molar-refractivity contribution in [2.24, 2.45) is 11.5 Å². The smallest absolute Gasteiger partial charge is 0.366 e. The summed E-state index contributed by atoms with van der Waals surface area (Å²) >= 11 is 0. The second-order valence-electron chi connectivity index (χ2n) is 7.51. The van der Waals surface area contributed by atoms with Crippen LogP contribution < -0.4 is 16.8 Å². The first kappa shape index (κ1) is 22.1. The van der Waals surface area contributed by atoms with Crippen LogP contribution in [-0.4, -0.2) is 29.4 Å². The molecule has 0 saturated heterocycles. The minimum atomic E-state index is -0.831. The van der Waals surface area contributed by atoms with Crippen LogP contribution in [0.25, 0.3) is 0 Å². The SMILES string of the molecule is CC(C)(C)OOC(=O)c1ccc(NC(=O)[C@@H](N)Cc2cccc(C(N)=O)c2)cc1. The van der Waals surface area contributed by atoms with E-state index in [1.54, 1.807) is 57.2 Å². The number of nitrogens with two attached hydrogens (primary N) is 2. The maximum atomic E-state index is 12.3. The van der Waals surface area contributed by atoms with E-state index in [1.165, 1.54) is 12.1 Å². The molecule has 154 valence electrons. The summed E-state index contributed by atoms with van der Waals surface area (Å²) in [5.41, 5.74) is 12.4. The van der Waals surface area contributed by atoms with E-state index in [0.29, 0.717) is 11.3 Å². The summed E-state index contributed by atoms with van der Waals surface area (Å²) in [6.45, 7) is 5.27. The van der Waals surface area contributed by atoms with E-state index in [-0.39, 0.29) is 12.0 Å². The summed E-state index contributed by atoms with van der Waals surface area (Å²) in [6, 6.07) is 11.9. The van der Waals surface area contributed by atoms with Gasteiger partial charge in [0, 0.05) is 11.3 Å². The molecule has 0 aliphatic carbocycles. The average molecular weight is 399 g/mol. The largest absolute Gasteiger partial charge is 0.373 e. The number of primary amides is 1. The Balaban J connectivity index is 1.93. The minimum Gasteiger partial charge on any atom is -0.366 e. The van der Waals surface area contributed by atoms with Crippen LogP contribution in [0.1, 0.15) is 47.1 Å². The summed E-state index contributed by atoms with van der Waals surface area (Å²) in [7, 11) is 0. The predicted molar refractivity (Wildman–Crippen MR) is 108 cm³/mol. The predicted octanol–water partition coefficient (Wildman–Crippen LogP) is 2.18. The molecule has 0 aliphatic rings. The molecule has 2 rings (SSSR count). The maximum Gasteiger partial charge on any atom is 0.373 e. The van der Waals surface area contributed by atoms with Crippen molar-refractivity contribution in [3.05, 3.63) is 65.2 Å². The highest BCUT2D eigenvalue weighted by molar-refractivity contribution is 5.96. The molecule has 8 nitrogen and oxygen atoms in total. The molecule has 2 aromatic carbocycles. The van der Waals surface area contributed by atoms with Crippen molar-refractivity contribution >= 4 is 23.5 Å². The molecule has 0 bridgehead atoms. The summed E-state index contributed by atoms with van der Waals surface area (Å²) in [4.78, 5) is 45.3. The molecule has 0 unspecified atom stereocenters. The third-order valence-electron chi connectivity index (χ3n) is 3.76. The van der Waals surface area contributed by atoms with Crippen LogP contribution in [0.4, 0.5) is 5.69 Å². The van der Waals surface area contributed by atoms with Gasteiger partial charge >= 0.3 is 5.97 Å². The molecule has 29 heavy (non-hydrogen) atoms. The molecule has 0 spiro atoms. The van der Waals surface area contributed by atoms with Crippen molar-refractivity contribution in [3.8, 4) is 0 Å². The lowest BCUT2D eigenvalue weighted by atomic mass is 10.0. The van der Waals surface area contributed by atoms with Crippen molar-refractivity contribution in [1.82, 2.24) is 0 Å². The molecular weight excluding hydrogens is 374 g/mol. The normalized spacial score (nSPS) is 12.1. The van der Waals surface area contributed by atoms with Crippen LogP contribution in [0.15, 0.2) is 48.5 Å². The van der Waals surface area contributed by atoms with Gasteiger partial charge in [0.05, 0.1) is 11.6 Å². The lowest BCUT2D eigenvalue weighted by molar-refractivity contribution is -0.301. The summed E-state index contributed by atoms with van der Waals surface area (Å²) < 4.78 is 0. The van der Waals surface area contributed by atoms with E-state index in [0.717, 1.165) is 5.56 Å². The van der Waals surface area contributed by atoms with Gasteiger partial charge in [0.1, 0.15) is 5.60 Å². The van der Waals surface area contributed by atoms with Crippen LogP contribution in [-0.2, 0) is 21.0 Å². The van der Waals surface area contributed by atoms with Crippen LogP contribution >= 0.6 is 0 Å². The Kier molecular flexibility index (Phi) is 7.08. The van der Waals surface area contributed by atoms with Crippen LogP contribution in [0.5, 0.6) is 0 Å². The molecule has 0 aromatic heterocycles. The quantitative estimate of drug-likeness (QED) is 0.483. The molecule has 8 heteroatoms. The summed E-state index contributed by atoms with van der Waals surface area (Å²) in [5.74, 6) is -1.58. The fraction of sp³-hybridized carbons (Fsp3) is 0.286. The first-order valence-electron chi connectivity index (χ1n) is 9.00. The van der Waals surface area contributed by atoms with Crippen molar-refractivity contribution < 1.29 is 24.2 Å². The van der Waals surface area contributed by atoms with Gasteiger partial charge in [-0.15, -0.1) is 0 Å². The zero-order valence-electron chi connectivity index (χ0n) is 16.6. The van der Waals surface area contributed by atoms with E-state index in [9.17, 15) is 14.4 Å². The highest BCUT2D eigenvalue weighted by Crippen LogP contribution is 2.14. The Morgan fingerprint density at radius 1 is 1.03 bits per heavy atom. The van der Waals surface area contributed by atoms with E-state index in [4.69, 9.17) is 21.2 Å². The van der Waals surface area contributed by atoms with Gasteiger partial charge in [0.25, 0.3) is 0 Å². The first-order valence-corrected chi connectivity index (χ1v) is 9.00. The zero-order valence-corrected chi connectivity index (χ0v) is 16.6. The van der Waals surface area contributed by atoms with Gasteiger partial charge in [-0.3, -0.25) is 14.5 Å². The number of carbonyl (C=O) groups excluding carboxylic acids is 3. The van der Waals surface area contributed by atoms with E-state index in [2.05, 4.69) is 5.32 Å². The van der Waals surface area contributed by atoms with Crippen LogP contribution in [0, 0.1) is 0 Å². The zero-order chi connectivity index (χ0) is 21.6. The molecule has 0 saturated carbocycles. The standard InChI is InChI=1S/C21H25N3O5/c1-21(2,3)29-28-20(27)14-7-9-16(10-8-14)24-19(26)17(22)12-13-5-4-6-15(11-13)18(23)25/h4-11,17H,12,22H2,1-3H3,(H2,23,25)(H,24,26)/t17-/m0/s1. The highest BCUT2D eigenvalue weighted by atomic mass is 17.2. The number of hydrogen-bond donors (Lipinski definition) is 3. The highest BCUT2D eigenvalue weighted by Gasteiger charge is 2.18. The van der Waals surface area contributed by atoms with Gasteiger partial charge in [0.2, 0.25) is 11.8 Å². The fourth-order valence-electron chi connectivity index (χ4n) is 2.33. The minimum absolute atomic E-state index is 0.238. The van der Waals surface area contributed by atoms with Gasteiger partial charge in [-0.25, -0.2) is 4.79 Å². The molecule has 0 aliphatic heterocycles. The van der Waals surface area contributed by atoms with E-state index in [1.807, 2.05) is 0 Å². The second-order valence-corrected chi connectivity index (χ2v) is 7.51. The topological polar surface area (TPSA) is 134 Å². The lowest BCUT2D eigenvalue weighted by Crippen LogP contribution is -2.37. The number of carbonyl (C=O) groups is 3. The molecule has 5 N–H and O–H groups in total. The molecular formula is C21H25N3O5. The van der Waals surface area contributed by atoms with Crippen molar-refractivity contribution in [2.75, 3.05) is 5.32 Å². The Morgan fingerprint density at radius 3 is 2.28 bits per heavy atom. The first-order chi connectivity index (χ1) is 13.5. The van der Waals surface area contributed by atoms with Crippen LogP contribution in [0.2, 0.25) is 0 Å². The van der Waals surface area contributed by atoms with Gasteiger partial charge < -0.3 is 16.8 Å². The third-order valence-corrected chi connectivity index (χ3v) is 3.76. The van der Waals surface area contributed by atoms with Crippen molar-refractivity contribution in [2.45, 2.75) is 38.8 Å². The van der Waals surface area contributed by atoms with Crippen molar-refractivity contribution in [3.63, 3.8) is 0 Å². The van der Waals surface area contributed by atoms with Gasteiger partial charge in [-0.2, -0.15) is 4.89 Å². The molecule has 0 fully saturated rings. The number of hydrogen-bond acceptors (Lipinski definition) is 6. The molecule has 2 aromatic rings. The number of anilines is 1. The fourth-order valence-corrected chi connectivity index (χ4v) is 2.33. The van der Waals surface area contributed by atoms with Crippen molar-refractivity contribution in [1.29, 1.82) is 0 Å². The Hall–Kier alpha value is -3.23. The number of amides is 2. The molecule has 0 heterocycles. The van der Waals surface area contributed by atoms with E-state index < -0.39 is 29.4 Å². The van der Waals surface area contributed by atoms with Crippen LogP contribution in [0.3, 0.4) is 0 Å². The second kappa shape index (κ2) is 9.31. The van der Waals surface area contributed by atoms with Gasteiger partial charge in [0.15, 0.2) is 0 Å². The number of rotatable bonds is 7. The summed E-state index contributed by atoms with van der Waals surface area (Å²) in [6.07, 6.45) is 0.238. The molecule has 1 atom stereocenters. The number of benzene rings is 2. The Morgan fingerprint density at radius 2 is 1.69 bits per heavy atom. The van der Waals surface area contributed by atoms with Gasteiger partial charge in [-0.05, 0) is 69.2 Å². The summed E-state index contributed by atoms with van der Waals surface area (Å²) in [5, 5.41) is 2.68. The maximum absolute atomic E-state index is 12.3. The molecule has 0 radical (unpaired) electrons. The monoisotopic (exact) mass is 399 g/mol. The van der Waals surface area contributed by atoms with Gasteiger partial charge in [-0.1, -0.05) is 12.1 Å². The Labute approximate surface area is 169 Å². The van der Waals surface area contributed by atoms with E-state index >= 15 is 0 Å². The number of nitrogens with one attached hydrogen (secondary N) is 1. The Bertz CT molecular complexity index is 888.